The van der Waals surface area contributed by atoms with Crippen LogP contribution in [0.1, 0.15) is 49.2 Å². The van der Waals surface area contributed by atoms with E-state index in [1.807, 2.05) is 49.4 Å². The fourth-order valence-electron chi connectivity index (χ4n) is 3.42. The third-order valence-corrected chi connectivity index (χ3v) is 6.54. The first-order chi connectivity index (χ1) is 16.1. The maximum Gasteiger partial charge on any atom is 0.237 e. The van der Waals surface area contributed by atoms with Gasteiger partial charge in [-0.15, -0.1) is 11.8 Å². The van der Waals surface area contributed by atoms with Gasteiger partial charge in [0.05, 0.1) is 19.5 Å². The molecule has 0 heterocycles. The highest BCUT2D eigenvalue weighted by molar-refractivity contribution is 8.00. The number of hydrogen-bond acceptors (Lipinski definition) is 5. The number of amides is 1. The van der Waals surface area contributed by atoms with E-state index in [4.69, 9.17) is 9.47 Å². The van der Waals surface area contributed by atoms with Gasteiger partial charge < -0.3 is 14.8 Å². The van der Waals surface area contributed by atoms with E-state index < -0.39 is 0 Å². The van der Waals surface area contributed by atoms with Crippen molar-refractivity contribution in [1.82, 2.24) is 0 Å². The van der Waals surface area contributed by atoms with Gasteiger partial charge in [-0.3, -0.25) is 9.59 Å². The van der Waals surface area contributed by atoms with E-state index in [-0.39, 0.29) is 22.4 Å². The molecule has 0 bridgehead atoms. The summed E-state index contributed by atoms with van der Waals surface area (Å²) >= 11 is 1.42. The highest BCUT2D eigenvalue weighted by Gasteiger charge is 2.18. The number of anilines is 1. The second-order valence-corrected chi connectivity index (χ2v) is 10.4. The van der Waals surface area contributed by atoms with E-state index in [1.54, 1.807) is 38.5 Å². The predicted molar refractivity (Wildman–Crippen MR) is 139 cm³/mol. The van der Waals surface area contributed by atoms with Crippen molar-refractivity contribution in [2.75, 3.05) is 19.5 Å². The number of thioether (sulfide) groups is 1. The van der Waals surface area contributed by atoms with Crippen molar-refractivity contribution in [3.8, 4) is 11.5 Å². The molecule has 0 aliphatic heterocycles. The van der Waals surface area contributed by atoms with Crippen molar-refractivity contribution in [3.05, 3.63) is 83.4 Å². The minimum atomic E-state index is -0.359. The molecule has 0 aromatic heterocycles. The van der Waals surface area contributed by atoms with Crippen LogP contribution in [0.15, 0.2) is 71.6 Å². The molecule has 0 saturated heterocycles. The Labute approximate surface area is 205 Å². The van der Waals surface area contributed by atoms with Gasteiger partial charge in [-0.25, -0.2) is 0 Å². The third-order valence-electron chi connectivity index (χ3n) is 5.44. The average Bonchev–Trinajstić information content (AvgIpc) is 2.83. The van der Waals surface area contributed by atoms with Crippen molar-refractivity contribution >= 4 is 29.1 Å². The van der Waals surface area contributed by atoms with Gasteiger partial charge in [0.1, 0.15) is 0 Å². The summed E-state index contributed by atoms with van der Waals surface area (Å²) in [6, 6.07) is 20.3. The van der Waals surface area contributed by atoms with Gasteiger partial charge in [0, 0.05) is 21.7 Å². The lowest BCUT2D eigenvalue weighted by Crippen LogP contribution is -2.22. The molecule has 6 heteroatoms. The summed E-state index contributed by atoms with van der Waals surface area (Å²) in [5, 5.41) is 2.56. The Hall–Kier alpha value is -3.25. The molecule has 0 fully saturated rings. The molecule has 0 spiro atoms. The number of ketones is 1. The van der Waals surface area contributed by atoms with Gasteiger partial charge in [0.2, 0.25) is 5.91 Å². The van der Waals surface area contributed by atoms with Crippen molar-refractivity contribution in [3.63, 3.8) is 0 Å². The first-order valence-electron chi connectivity index (χ1n) is 11.1. The third kappa shape index (κ3) is 6.20. The van der Waals surface area contributed by atoms with Crippen LogP contribution in [-0.4, -0.2) is 31.2 Å². The van der Waals surface area contributed by atoms with Crippen molar-refractivity contribution < 1.29 is 19.1 Å². The maximum absolute atomic E-state index is 13.0. The zero-order valence-corrected chi connectivity index (χ0v) is 21.3. The number of rotatable bonds is 8. The Kier molecular flexibility index (Phi) is 8.05. The molecule has 3 rings (SSSR count). The minimum absolute atomic E-state index is 0.0252. The summed E-state index contributed by atoms with van der Waals surface area (Å²) in [5.74, 6) is 1.02. The van der Waals surface area contributed by atoms with Crippen LogP contribution in [0.3, 0.4) is 0 Å². The monoisotopic (exact) mass is 477 g/mol. The Balaban J connectivity index is 1.68. The fourth-order valence-corrected chi connectivity index (χ4v) is 4.31. The van der Waals surface area contributed by atoms with Gasteiger partial charge in [-0.2, -0.15) is 0 Å². The molecule has 0 saturated carbocycles. The van der Waals surface area contributed by atoms with Crippen molar-refractivity contribution in [1.29, 1.82) is 0 Å². The number of carbonyl (C=O) groups is 2. The number of benzene rings is 3. The van der Waals surface area contributed by atoms with Gasteiger partial charge in [-0.1, -0.05) is 57.2 Å². The quantitative estimate of drug-likeness (QED) is 0.302. The minimum Gasteiger partial charge on any atom is -0.493 e. The Morgan fingerprint density at radius 2 is 1.53 bits per heavy atom. The number of carbonyl (C=O) groups excluding carboxylic acids is 2. The number of nitrogens with one attached hydrogen (secondary N) is 1. The summed E-state index contributed by atoms with van der Waals surface area (Å²) in [6.45, 7) is 8.25. The smallest absolute Gasteiger partial charge is 0.237 e. The molecule has 0 radical (unpaired) electrons. The molecule has 3 aromatic carbocycles. The second kappa shape index (κ2) is 10.8. The standard InChI is InChI=1S/C28H31NO4S/c1-18(34-23-14-15-24(32-5)25(17-23)33-6)27(31)29-22-9-7-8-20(16-22)26(30)19-10-12-21(13-11-19)28(2,3)4/h7-18H,1-6H3,(H,29,31)/t18-/m0/s1. The molecule has 1 atom stereocenters. The molecule has 34 heavy (non-hydrogen) atoms. The highest BCUT2D eigenvalue weighted by atomic mass is 32.2. The predicted octanol–water partition coefficient (Wildman–Crippen LogP) is 6.35. The first-order valence-corrected chi connectivity index (χ1v) is 11.9. The molecule has 1 N–H and O–H groups in total. The zero-order chi connectivity index (χ0) is 24.9. The van der Waals surface area contributed by atoms with Crippen LogP contribution in [0, 0.1) is 0 Å². The summed E-state index contributed by atoms with van der Waals surface area (Å²) in [7, 11) is 3.16. The van der Waals surface area contributed by atoms with Crippen molar-refractivity contribution in [2.45, 2.75) is 43.3 Å². The summed E-state index contributed by atoms with van der Waals surface area (Å²) in [4.78, 5) is 26.7. The Morgan fingerprint density at radius 3 is 2.15 bits per heavy atom. The molecule has 3 aromatic rings. The zero-order valence-electron chi connectivity index (χ0n) is 20.5. The SMILES string of the molecule is COc1ccc(S[C@@H](C)C(=O)Nc2cccc(C(=O)c3ccc(C(C)(C)C)cc3)c2)cc1OC. The lowest BCUT2D eigenvalue weighted by Gasteiger charge is -2.19. The van der Waals surface area contributed by atoms with E-state index in [9.17, 15) is 9.59 Å². The summed E-state index contributed by atoms with van der Waals surface area (Å²) in [5.41, 5.74) is 2.93. The van der Waals surface area contributed by atoms with E-state index in [2.05, 4.69) is 26.1 Å². The first kappa shape index (κ1) is 25.4. The maximum atomic E-state index is 13.0. The van der Waals surface area contributed by atoms with Gasteiger partial charge in [-0.05, 0) is 48.2 Å². The molecule has 5 nitrogen and oxygen atoms in total. The van der Waals surface area contributed by atoms with Crippen LogP contribution in [0.4, 0.5) is 5.69 Å². The van der Waals surface area contributed by atoms with E-state index in [0.717, 1.165) is 4.90 Å². The topological polar surface area (TPSA) is 64.6 Å². The lowest BCUT2D eigenvalue weighted by atomic mass is 9.86. The largest absolute Gasteiger partial charge is 0.493 e. The highest BCUT2D eigenvalue weighted by Crippen LogP contribution is 2.34. The Morgan fingerprint density at radius 1 is 0.853 bits per heavy atom. The fraction of sp³-hybridized carbons (Fsp3) is 0.286. The van der Waals surface area contributed by atoms with Crippen LogP contribution in [-0.2, 0) is 10.2 Å². The van der Waals surface area contributed by atoms with Crippen molar-refractivity contribution in [2.24, 2.45) is 0 Å². The summed E-state index contributed by atoms with van der Waals surface area (Å²) < 4.78 is 10.6. The van der Waals surface area contributed by atoms with Gasteiger partial charge in [0.15, 0.2) is 17.3 Å². The molecular weight excluding hydrogens is 446 g/mol. The lowest BCUT2D eigenvalue weighted by molar-refractivity contribution is -0.115. The molecule has 0 aliphatic carbocycles. The van der Waals surface area contributed by atoms with Gasteiger partial charge >= 0.3 is 0 Å². The van der Waals surface area contributed by atoms with Crippen LogP contribution >= 0.6 is 11.8 Å². The normalized spacial score (nSPS) is 12.1. The Bertz CT molecular complexity index is 1170. The number of hydrogen-bond donors (Lipinski definition) is 1. The van der Waals surface area contributed by atoms with Gasteiger partial charge in [0.25, 0.3) is 0 Å². The van der Waals surface area contributed by atoms with E-state index in [0.29, 0.717) is 28.3 Å². The van der Waals surface area contributed by atoms with Crippen LogP contribution in [0.5, 0.6) is 11.5 Å². The number of methoxy groups -OCH3 is 2. The van der Waals surface area contributed by atoms with Crippen LogP contribution in [0.25, 0.3) is 0 Å². The average molecular weight is 478 g/mol. The molecule has 178 valence electrons. The second-order valence-electron chi connectivity index (χ2n) is 9.00. The molecule has 1 amide bonds. The van der Waals surface area contributed by atoms with Crippen LogP contribution < -0.4 is 14.8 Å². The van der Waals surface area contributed by atoms with E-state index >= 15 is 0 Å². The molecular formula is C28H31NO4S. The van der Waals surface area contributed by atoms with Crippen LogP contribution in [0.2, 0.25) is 0 Å². The number of ether oxygens (including phenoxy) is 2. The summed E-state index contributed by atoms with van der Waals surface area (Å²) in [6.07, 6.45) is 0. The molecule has 0 aliphatic rings. The van der Waals surface area contributed by atoms with E-state index in [1.165, 1.54) is 17.3 Å². The molecule has 0 unspecified atom stereocenters.